The second-order valence-corrected chi connectivity index (χ2v) is 21.4. The van der Waals surface area contributed by atoms with Crippen LogP contribution in [0, 0.1) is 23.4 Å². The number of carbonyl (C=O) groups excluding carboxylic acids is 4. The van der Waals surface area contributed by atoms with Gasteiger partial charge in [0.15, 0.2) is 23.0 Å². The molecule has 3 unspecified atom stereocenters. The number of aliphatic hydroxyl groups is 1. The van der Waals surface area contributed by atoms with Crippen LogP contribution in [0.25, 0.3) is 22.0 Å². The van der Waals surface area contributed by atoms with E-state index in [0.717, 1.165) is 31.2 Å². The summed E-state index contributed by atoms with van der Waals surface area (Å²) in [5.74, 6) is -5.25. The van der Waals surface area contributed by atoms with Crippen molar-refractivity contribution in [2.45, 2.75) is 107 Å². The molecule has 0 radical (unpaired) electrons. The smallest absolute Gasteiger partial charge is 0.249 e. The summed E-state index contributed by atoms with van der Waals surface area (Å²) in [5.41, 5.74) is 6.54. The van der Waals surface area contributed by atoms with Gasteiger partial charge in [-0.3, -0.25) is 29.2 Å². The minimum Gasteiger partial charge on any atom is -0.488 e. The lowest BCUT2D eigenvalue weighted by molar-refractivity contribution is -0.138. The Balaban J connectivity index is 0.758. The highest BCUT2D eigenvalue weighted by Gasteiger charge is 2.50. The minimum atomic E-state index is -1.03. The number of likely N-dealkylation sites (tertiary alicyclic amines) is 2. The molecule has 14 nitrogen and oxygen atoms in total. The van der Waals surface area contributed by atoms with E-state index in [2.05, 4.69) is 20.6 Å². The summed E-state index contributed by atoms with van der Waals surface area (Å²) in [7, 11) is 1.59. The molecule has 5 aliphatic rings. The summed E-state index contributed by atoms with van der Waals surface area (Å²) in [5, 5.41) is 20.3. The number of halogens is 5. The number of piperidine rings is 3. The van der Waals surface area contributed by atoms with Gasteiger partial charge in [0.1, 0.15) is 23.7 Å². The molecule has 3 saturated heterocycles. The van der Waals surface area contributed by atoms with Gasteiger partial charge in [-0.1, -0.05) is 60.5 Å². The average molecular weight is 1060 g/mol. The first kappa shape index (κ1) is 51.8. The van der Waals surface area contributed by atoms with Crippen LogP contribution < -0.4 is 25.8 Å². The molecule has 5 N–H and O–H groups in total. The Bertz CT molecular complexity index is 3010. The molecular weight excluding hydrogens is 999 g/mol. The second-order valence-electron chi connectivity index (χ2n) is 20.6. The number of imide groups is 1. The number of aryl methyl sites for hydroxylation is 1. The number of ether oxygens (including phenoxy) is 2. The first-order valence-corrected chi connectivity index (χ1v) is 26.4. The fraction of sp³-hybridized carbons (Fsp3) is 0.473. The average Bonchev–Trinajstić information content (AvgIpc) is 3.88. The maximum absolute atomic E-state index is 16.6. The van der Waals surface area contributed by atoms with Crippen LogP contribution in [0.15, 0.2) is 54.6 Å². The van der Waals surface area contributed by atoms with Gasteiger partial charge in [-0.15, -0.1) is 0 Å². The number of nitrogens with one attached hydrogen (secondary N) is 2. The SMILES string of the molecule is CC1c2c(cc(Cl)c(Cl)c2-c2c(C(N)=O)ccc(OCCO)c2F)OC1(CNC1CCC(C(=O)N2CCC(N3CCC(c4c(F)cc5c(C6CCC(=O)NC6=O)nn(C)c5c4F)CC3)CC2)CC1)c1ccccc1. The first-order chi connectivity index (χ1) is 35.6. The summed E-state index contributed by atoms with van der Waals surface area (Å²) >= 11 is 13.7. The third-order valence-electron chi connectivity index (χ3n) is 16.5. The molecule has 392 valence electrons. The van der Waals surface area contributed by atoms with Gasteiger partial charge in [-0.05, 0) is 101 Å². The van der Waals surface area contributed by atoms with E-state index in [1.165, 1.54) is 22.9 Å². The maximum Gasteiger partial charge on any atom is 0.249 e. The van der Waals surface area contributed by atoms with Crippen molar-refractivity contribution in [1.82, 2.24) is 30.2 Å². The lowest BCUT2D eigenvalue weighted by Crippen LogP contribution is -2.51. The molecule has 1 saturated carbocycles. The van der Waals surface area contributed by atoms with Crippen LogP contribution in [0.3, 0.4) is 0 Å². The molecule has 4 fully saturated rings. The van der Waals surface area contributed by atoms with Gasteiger partial charge >= 0.3 is 0 Å². The van der Waals surface area contributed by atoms with Gasteiger partial charge in [-0.2, -0.15) is 5.10 Å². The van der Waals surface area contributed by atoms with Gasteiger partial charge in [0.2, 0.25) is 23.6 Å². The zero-order valence-corrected chi connectivity index (χ0v) is 42.8. The standard InChI is InChI=1S/C55H60Cl2F3N7O7/c1-29-43-41(27-38(56)47(57)46(43)45-35(52(61)70)12-14-40(48(45)59)73-25-24-68)74-55(29,32-6-4-3-5-7-32)28-62-33-10-8-31(9-11-33)54(72)67-22-18-34(19-23-67)66-20-16-30(17-21-66)44-39(58)26-37-50(64-65(2)51(37)49(44)60)36-13-15-42(69)63-53(36)71/h3-7,12,14,26-27,29-31,33-34,36,62,68H,8-11,13,15-25,28H2,1-2H3,(H2,61,70)(H,63,69,71). The minimum absolute atomic E-state index is 0.0172. The number of rotatable bonds is 13. The number of aromatic nitrogens is 2. The molecule has 0 spiro atoms. The Hall–Kier alpha value is -5.72. The highest BCUT2D eigenvalue weighted by atomic mass is 35.5. The molecule has 3 atom stereocenters. The third kappa shape index (κ3) is 9.41. The Labute approximate surface area is 437 Å². The molecule has 5 aromatic rings. The quantitative estimate of drug-likeness (QED) is 0.0837. The molecule has 10 rings (SSSR count). The summed E-state index contributed by atoms with van der Waals surface area (Å²) in [6, 6.07) is 15.6. The number of nitrogens with two attached hydrogens (primary N) is 1. The number of benzene rings is 4. The van der Waals surface area contributed by atoms with Crippen molar-refractivity contribution < 1.29 is 46.9 Å². The molecule has 1 aromatic heterocycles. The first-order valence-electron chi connectivity index (χ1n) is 25.7. The molecule has 4 amide bonds. The molecule has 1 aliphatic carbocycles. The van der Waals surface area contributed by atoms with Crippen molar-refractivity contribution in [3.8, 4) is 22.6 Å². The fourth-order valence-corrected chi connectivity index (χ4v) is 13.0. The molecular formula is C55H60Cl2F3N7O7. The van der Waals surface area contributed by atoms with E-state index in [0.29, 0.717) is 69.7 Å². The van der Waals surface area contributed by atoms with E-state index in [9.17, 15) is 24.3 Å². The monoisotopic (exact) mass is 1060 g/mol. The number of aliphatic hydroxyl groups excluding tert-OH is 1. The summed E-state index contributed by atoms with van der Waals surface area (Å²) < 4.78 is 62.6. The van der Waals surface area contributed by atoms with Crippen molar-refractivity contribution in [2.75, 3.05) is 45.9 Å². The van der Waals surface area contributed by atoms with Crippen LogP contribution in [0.4, 0.5) is 13.2 Å². The molecule has 0 bridgehead atoms. The van der Waals surface area contributed by atoms with Crippen molar-refractivity contribution in [3.63, 3.8) is 0 Å². The number of fused-ring (bicyclic) bond motifs is 2. The maximum atomic E-state index is 16.6. The van der Waals surface area contributed by atoms with Gasteiger partial charge in [0, 0.05) is 90.7 Å². The number of hydrogen-bond acceptors (Lipinski definition) is 10. The van der Waals surface area contributed by atoms with Crippen LogP contribution in [0.5, 0.6) is 11.5 Å². The van der Waals surface area contributed by atoms with E-state index >= 15 is 13.2 Å². The van der Waals surface area contributed by atoms with Gasteiger partial charge in [0.05, 0.1) is 33.8 Å². The van der Waals surface area contributed by atoms with Crippen molar-refractivity contribution in [3.05, 3.63) is 110 Å². The molecule has 4 aliphatic heterocycles. The van der Waals surface area contributed by atoms with Gasteiger partial charge in [-0.25, -0.2) is 13.2 Å². The van der Waals surface area contributed by atoms with E-state index in [1.54, 1.807) is 13.1 Å². The van der Waals surface area contributed by atoms with E-state index in [4.69, 9.17) is 38.4 Å². The van der Waals surface area contributed by atoms with E-state index in [1.807, 2.05) is 42.2 Å². The van der Waals surface area contributed by atoms with Crippen molar-refractivity contribution in [1.29, 1.82) is 0 Å². The lowest BCUT2D eigenvalue weighted by atomic mass is 9.77. The van der Waals surface area contributed by atoms with Crippen LogP contribution in [0.2, 0.25) is 10.0 Å². The summed E-state index contributed by atoms with van der Waals surface area (Å²) in [6.45, 7) is 4.43. The molecule has 5 heterocycles. The number of nitrogens with zero attached hydrogens (tertiary/aromatic N) is 4. The number of primary amides is 1. The highest BCUT2D eigenvalue weighted by molar-refractivity contribution is 6.44. The zero-order chi connectivity index (χ0) is 52.2. The number of hydrogen-bond donors (Lipinski definition) is 4. The van der Waals surface area contributed by atoms with Gasteiger partial charge < -0.3 is 35.4 Å². The number of carbonyl (C=O) groups is 4. The van der Waals surface area contributed by atoms with Crippen LogP contribution in [0.1, 0.15) is 122 Å². The van der Waals surface area contributed by atoms with Crippen molar-refractivity contribution in [2.24, 2.45) is 18.7 Å². The Kier molecular flexibility index (Phi) is 14.8. The predicted octanol–water partition coefficient (Wildman–Crippen LogP) is 8.37. The van der Waals surface area contributed by atoms with Crippen molar-refractivity contribution >= 4 is 57.7 Å². The topological polar surface area (TPSA) is 181 Å². The second kappa shape index (κ2) is 21.1. The predicted molar refractivity (Wildman–Crippen MR) is 273 cm³/mol. The normalized spacial score (nSPS) is 24.0. The Morgan fingerprint density at radius 3 is 2.31 bits per heavy atom. The third-order valence-corrected chi connectivity index (χ3v) is 17.3. The molecule has 4 aromatic carbocycles. The highest BCUT2D eigenvalue weighted by Crippen LogP contribution is 2.57. The van der Waals surface area contributed by atoms with E-state index in [-0.39, 0.29) is 116 Å². The van der Waals surface area contributed by atoms with Gasteiger partial charge in [0.25, 0.3) is 0 Å². The number of amides is 4. The lowest BCUT2D eigenvalue weighted by Gasteiger charge is -2.43. The Morgan fingerprint density at radius 2 is 1.64 bits per heavy atom. The van der Waals surface area contributed by atoms with Crippen LogP contribution >= 0.6 is 23.2 Å². The largest absolute Gasteiger partial charge is 0.488 e. The zero-order valence-electron chi connectivity index (χ0n) is 41.3. The van der Waals surface area contributed by atoms with E-state index < -0.39 is 46.7 Å². The summed E-state index contributed by atoms with van der Waals surface area (Å²) in [6.07, 6.45) is 6.12. The Morgan fingerprint density at radius 1 is 0.919 bits per heavy atom. The molecule has 74 heavy (non-hydrogen) atoms. The van der Waals surface area contributed by atoms with Crippen LogP contribution in [-0.2, 0) is 27.0 Å². The molecule has 19 heteroatoms. The fourth-order valence-electron chi connectivity index (χ4n) is 12.6. The van der Waals surface area contributed by atoms with Crippen LogP contribution in [-0.4, -0.2) is 106 Å². The summed E-state index contributed by atoms with van der Waals surface area (Å²) in [4.78, 5) is 55.7.